The Morgan fingerprint density at radius 3 is 2.58 bits per heavy atom. The molecule has 0 fully saturated rings. The second-order valence-electron chi connectivity index (χ2n) is 5.42. The Kier molecular flexibility index (Phi) is 4.84. The van der Waals surface area contributed by atoms with Crippen molar-refractivity contribution in [2.45, 2.75) is 4.90 Å². The lowest BCUT2D eigenvalue weighted by atomic mass is 10.1. The Morgan fingerprint density at radius 2 is 1.92 bits per heavy atom. The number of amides is 1. The van der Waals surface area contributed by atoms with Crippen LogP contribution in [-0.4, -0.2) is 39.8 Å². The standard InChI is InChI=1S/C17H16N2O5S2/c1-23-13-6-4-5-11(15(13)24-2)16(20)19-17-18-12-8-7-10(26(3,21)22)9-14(12)25-17/h4-9H,1-3H3,(H,18,19,20). The second-order valence-corrected chi connectivity index (χ2v) is 8.46. The number of para-hydroxylation sites is 1. The molecule has 26 heavy (non-hydrogen) atoms. The molecule has 3 rings (SSSR count). The van der Waals surface area contributed by atoms with E-state index in [1.165, 1.54) is 31.6 Å². The van der Waals surface area contributed by atoms with Gasteiger partial charge in [-0.2, -0.15) is 0 Å². The average molecular weight is 392 g/mol. The SMILES string of the molecule is COc1cccc(C(=O)Nc2nc3ccc(S(C)(=O)=O)cc3s2)c1OC. The predicted octanol–water partition coefficient (Wildman–Crippen LogP) is 2.97. The number of methoxy groups -OCH3 is 2. The number of sulfone groups is 1. The molecular formula is C17H16N2O5S2. The van der Waals surface area contributed by atoms with Gasteiger partial charge in [0.1, 0.15) is 0 Å². The molecule has 136 valence electrons. The van der Waals surface area contributed by atoms with Crippen molar-refractivity contribution < 1.29 is 22.7 Å². The van der Waals surface area contributed by atoms with Crippen LogP contribution in [0, 0.1) is 0 Å². The highest BCUT2D eigenvalue weighted by atomic mass is 32.2. The smallest absolute Gasteiger partial charge is 0.261 e. The third-order valence-corrected chi connectivity index (χ3v) is 5.70. The zero-order valence-corrected chi connectivity index (χ0v) is 15.9. The van der Waals surface area contributed by atoms with Crippen LogP contribution in [0.2, 0.25) is 0 Å². The first kappa shape index (κ1) is 18.2. The zero-order valence-electron chi connectivity index (χ0n) is 14.3. The molecule has 3 aromatic rings. The number of thiazole rings is 1. The monoisotopic (exact) mass is 392 g/mol. The van der Waals surface area contributed by atoms with Crippen molar-refractivity contribution in [2.75, 3.05) is 25.8 Å². The van der Waals surface area contributed by atoms with Gasteiger partial charge < -0.3 is 9.47 Å². The van der Waals surface area contributed by atoms with E-state index in [1.807, 2.05) is 0 Å². The van der Waals surface area contributed by atoms with E-state index in [4.69, 9.17) is 9.47 Å². The van der Waals surface area contributed by atoms with Crippen molar-refractivity contribution >= 4 is 42.4 Å². The minimum absolute atomic E-state index is 0.209. The lowest BCUT2D eigenvalue weighted by molar-refractivity contribution is 0.102. The molecule has 0 bridgehead atoms. The summed E-state index contributed by atoms with van der Waals surface area (Å²) in [4.78, 5) is 17.1. The average Bonchev–Trinajstić information content (AvgIpc) is 3.01. The first-order valence-corrected chi connectivity index (χ1v) is 10.2. The van der Waals surface area contributed by atoms with Gasteiger partial charge in [0.25, 0.3) is 5.91 Å². The van der Waals surface area contributed by atoms with Crippen molar-refractivity contribution in [3.63, 3.8) is 0 Å². The summed E-state index contributed by atoms with van der Waals surface area (Å²) in [5.41, 5.74) is 0.915. The molecule has 0 unspecified atom stereocenters. The molecule has 7 nitrogen and oxygen atoms in total. The maximum absolute atomic E-state index is 12.6. The Hall–Kier alpha value is -2.65. The zero-order chi connectivity index (χ0) is 18.9. The minimum Gasteiger partial charge on any atom is -0.493 e. The van der Waals surface area contributed by atoms with Gasteiger partial charge in [-0.25, -0.2) is 13.4 Å². The molecule has 0 saturated heterocycles. The van der Waals surface area contributed by atoms with E-state index in [0.717, 1.165) is 6.26 Å². The fourth-order valence-electron chi connectivity index (χ4n) is 2.42. The van der Waals surface area contributed by atoms with E-state index in [9.17, 15) is 13.2 Å². The maximum Gasteiger partial charge on any atom is 0.261 e. The predicted molar refractivity (Wildman–Crippen MR) is 100 cm³/mol. The van der Waals surface area contributed by atoms with Gasteiger partial charge in [-0.15, -0.1) is 0 Å². The van der Waals surface area contributed by atoms with Crippen molar-refractivity contribution in [2.24, 2.45) is 0 Å². The lowest BCUT2D eigenvalue weighted by Crippen LogP contribution is -2.13. The molecular weight excluding hydrogens is 376 g/mol. The number of anilines is 1. The van der Waals surface area contributed by atoms with Crippen molar-refractivity contribution in [3.8, 4) is 11.5 Å². The number of rotatable bonds is 5. The number of carbonyl (C=O) groups excluding carboxylic acids is 1. The molecule has 1 N–H and O–H groups in total. The number of fused-ring (bicyclic) bond motifs is 1. The molecule has 1 aromatic heterocycles. The minimum atomic E-state index is -3.31. The van der Waals surface area contributed by atoms with Gasteiger partial charge in [0.15, 0.2) is 26.5 Å². The molecule has 0 radical (unpaired) electrons. The van der Waals surface area contributed by atoms with E-state index < -0.39 is 15.7 Å². The fourth-order valence-corrected chi connectivity index (χ4v) is 4.04. The van der Waals surface area contributed by atoms with Crippen LogP contribution in [0.5, 0.6) is 11.5 Å². The Labute approximate surface area is 154 Å². The number of aromatic nitrogens is 1. The largest absolute Gasteiger partial charge is 0.493 e. The van der Waals surface area contributed by atoms with Crippen LogP contribution < -0.4 is 14.8 Å². The molecule has 2 aromatic carbocycles. The van der Waals surface area contributed by atoms with E-state index in [2.05, 4.69) is 10.3 Å². The van der Waals surface area contributed by atoms with E-state index in [1.54, 1.807) is 30.3 Å². The Morgan fingerprint density at radius 1 is 1.15 bits per heavy atom. The van der Waals surface area contributed by atoms with Gasteiger partial charge in [-0.1, -0.05) is 17.4 Å². The quantitative estimate of drug-likeness (QED) is 0.717. The molecule has 9 heteroatoms. The number of hydrogen-bond acceptors (Lipinski definition) is 7. The molecule has 1 amide bonds. The van der Waals surface area contributed by atoms with Crippen molar-refractivity contribution in [3.05, 3.63) is 42.0 Å². The van der Waals surface area contributed by atoms with Crippen LogP contribution in [0.25, 0.3) is 10.2 Å². The first-order chi connectivity index (χ1) is 12.3. The highest BCUT2D eigenvalue weighted by molar-refractivity contribution is 7.90. The normalized spacial score (nSPS) is 11.3. The number of ether oxygens (including phenoxy) is 2. The van der Waals surface area contributed by atoms with Crippen molar-refractivity contribution in [1.82, 2.24) is 4.98 Å². The molecule has 0 aliphatic rings. The maximum atomic E-state index is 12.6. The third kappa shape index (κ3) is 3.49. The number of benzene rings is 2. The summed E-state index contributed by atoms with van der Waals surface area (Å²) in [6.07, 6.45) is 1.15. The molecule has 1 heterocycles. The number of carbonyl (C=O) groups is 1. The highest BCUT2D eigenvalue weighted by Crippen LogP contribution is 2.32. The summed E-state index contributed by atoms with van der Waals surface area (Å²) < 4.78 is 34.5. The van der Waals surface area contributed by atoms with Crippen molar-refractivity contribution in [1.29, 1.82) is 0 Å². The molecule has 0 aliphatic carbocycles. The summed E-state index contributed by atoms with van der Waals surface area (Å²) in [5, 5.41) is 3.08. The highest BCUT2D eigenvalue weighted by Gasteiger charge is 2.18. The summed E-state index contributed by atoms with van der Waals surface area (Å²) in [6.45, 7) is 0. The van der Waals surface area contributed by atoms with Gasteiger partial charge in [0.05, 0.1) is 34.9 Å². The van der Waals surface area contributed by atoms with Crippen LogP contribution in [0.15, 0.2) is 41.3 Å². The van der Waals surface area contributed by atoms with Crippen LogP contribution in [0.3, 0.4) is 0 Å². The number of nitrogens with one attached hydrogen (secondary N) is 1. The molecule has 0 atom stereocenters. The van der Waals surface area contributed by atoms with Crippen LogP contribution in [0.4, 0.5) is 5.13 Å². The van der Waals surface area contributed by atoms with E-state index in [0.29, 0.717) is 32.4 Å². The summed E-state index contributed by atoms with van der Waals surface area (Å²) in [6, 6.07) is 9.65. The van der Waals surface area contributed by atoms with Crippen LogP contribution in [0.1, 0.15) is 10.4 Å². The molecule has 0 spiro atoms. The summed E-state index contributed by atoms with van der Waals surface area (Å²) in [5.74, 6) is 0.373. The van der Waals surface area contributed by atoms with E-state index in [-0.39, 0.29) is 4.90 Å². The Bertz CT molecular complexity index is 1090. The molecule has 0 saturated carbocycles. The summed E-state index contributed by atoms with van der Waals surface area (Å²) >= 11 is 1.19. The van der Waals surface area contributed by atoms with Crippen LogP contribution >= 0.6 is 11.3 Å². The van der Waals surface area contributed by atoms with Gasteiger partial charge in [0.2, 0.25) is 0 Å². The van der Waals surface area contributed by atoms with Gasteiger partial charge in [-0.3, -0.25) is 10.1 Å². The number of hydrogen-bond donors (Lipinski definition) is 1. The van der Waals surface area contributed by atoms with Gasteiger partial charge >= 0.3 is 0 Å². The topological polar surface area (TPSA) is 94.6 Å². The molecule has 0 aliphatic heterocycles. The summed E-state index contributed by atoms with van der Waals surface area (Å²) in [7, 11) is -0.357. The third-order valence-electron chi connectivity index (χ3n) is 3.66. The fraction of sp³-hybridized carbons (Fsp3) is 0.176. The Balaban J connectivity index is 1.93. The lowest BCUT2D eigenvalue weighted by Gasteiger charge is -2.11. The van der Waals surface area contributed by atoms with Gasteiger partial charge in [0, 0.05) is 6.26 Å². The number of nitrogens with zero attached hydrogens (tertiary/aromatic N) is 1. The first-order valence-electron chi connectivity index (χ1n) is 7.46. The van der Waals surface area contributed by atoms with E-state index >= 15 is 0 Å². The second kappa shape index (κ2) is 6.93. The van der Waals surface area contributed by atoms with Gasteiger partial charge in [-0.05, 0) is 30.3 Å². The van der Waals surface area contributed by atoms with Crippen LogP contribution in [-0.2, 0) is 9.84 Å².